The minimum atomic E-state index is -4.54. The van der Waals surface area contributed by atoms with Gasteiger partial charge in [0.2, 0.25) is 47.1 Å². The fourth-order valence-electron chi connectivity index (χ4n) is 8.98. The monoisotopic (exact) mass is 1860 g/mol. The van der Waals surface area contributed by atoms with Gasteiger partial charge < -0.3 is 68.9 Å². The number of pyridine rings is 7. The minimum Gasteiger partial charge on any atom is -0.478 e. The predicted molar refractivity (Wildman–Crippen MR) is 437 cm³/mol. The summed E-state index contributed by atoms with van der Waals surface area (Å²) in [6.07, 6.45) is -1.22. The predicted octanol–water partition coefficient (Wildman–Crippen LogP) is 23.0. The third-order valence-electron chi connectivity index (χ3n) is 15.0. The first kappa shape index (κ1) is 95.7. The quantitative estimate of drug-likeness (QED) is 0.0259. The molecule has 28 nitrogen and oxygen atoms in total. The van der Waals surface area contributed by atoms with Crippen LogP contribution < -0.4 is 33.2 Å². The Morgan fingerprint density at radius 2 is 0.675 bits per heavy atom. The number of halogens is 12. The van der Waals surface area contributed by atoms with Crippen LogP contribution in [0, 0.1) is 11.8 Å². The van der Waals surface area contributed by atoms with Crippen molar-refractivity contribution in [3.8, 4) is 81.4 Å². The fraction of sp³-hybridized carbons (Fsp3) is 0.0233. The highest BCUT2D eigenvalue weighted by atomic mass is 79.9. The van der Waals surface area contributed by atoms with Crippen LogP contribution in [0.4, 0.5) is 35.1 Å². The van der Waals surface area contributed by atoms with Crippen molar-refractivity contribution in [3.63, 3.8) is 0 Å². The van der Waals surface area contributed by atoms with Crippen LogP contribution in [-0.2, 0) is 12.4 Å². The Morgan fingerprint density at radius 3 is 1.05 bits per heavy atom. The van der Waals surface area contributed by atoms with Gasteiger partial charge >= 0.3 is 54.1 Å². The van der Waals surface area contributed by atoms with Gasteiger partial charge in [-0.2, -0.15) is 35.7 Å². The minimum absolute atomic E-state index is 0.0498. The molecule has 40 heteroatoms. The zero-order chi connectivity index (χ0) is 91.6. The molecule has 0 bridgehead atoms. The molecular weight excluding hydrogens is 1810 g/mol. The Kier molecular flexibility index (Phi) is 35.2. The number of aromatic carboxylic acids is 7. The van der Waals surface area contributed by atoms with Crippen molar-refractivity contribution >= 4 is 92.5 Å². The maximum absolute atomic E-state index is 13.5. The molecular formula is C86H55BrCl3F8N7O21. The molecule has 0 radical (unpaired) electrons. The maximum atomic E-state index is 13.5. The van der Waals surface area contributed by atoms with Crippen LogP contribution in [0.2, 0.25) is 15.1 Å². The summed E-state index contributed by atoms with van der Waals surface area (Å²) in [5, 5.41) is 61.5. The average Bonchev–Trinajstić information content (AvgIpc) is 0.829. The summed E-state index contributed by atoms with van der Waals surface area (Å²) in [7, 11) is 0. The van der Waals surface area contributed by atoms with Gasteiger partial charge in [-0.3, -0.25) is 0 Å². The van der Waals surface area contributed by atoms with Crippen molar-refractivity contribution in [1.82, 2.24) is 34.9 Å². The van der Waals surface area contributed by atoms with E-state index >= 15 is 0 Å². The third kappa shape index (κ3) is 32.0. The normalized spacial score (nSPS) is 10.3. The van der Waals surface area contributed by atoms with E-state index in [1.807, 2.05) is 6.07 Å². The molecule has 0 aliphatic carbocycles. The molecule has 0 aliphatic rings. The first-order valence-corrected chi connectivity index (χ1v) is 36.8. The van der Waals surface area contributed by atoms with Gasteiger partial charge in [-0.25, -0.2) is 67.9 Å². The molecule has 7 aromatic carbocycles. The van der Waals surface area contributed by atoms with Crippen molar-refractivity contribution in [2.75, 3.05) is 0 Å². The summed E-state index contributed by atoms with van der Waals surface area (Å²) < 4.78 is 139. The summed E-state index contributed by atoms with van der Waals surface area (Å²) >= 11 is 20.6. The van der Waals surface area contributed by atoms with Gasteiger partial charge in [-0.05, 0) is 216 Å². The molecule has 126 heavy (non-hydrogen) atoms. The number of hydrogen-bond acceptors (Lipinski definition) is 21. The Bertz CT molecular complexity index is 5840. The number of aromatic nitrogens is 7. The molecule has 0 saturated heterocycles. The van der Waals surface area contributed by atoms with Gasteiger partial charge in [0.25, 0.3) is 0 Å². The van der Waals surface area contributed by atoms with E-state index in [0.29, 0.717) is 57.9 Å². The summed E-state index contributed by atoms with van der Waals surface area (Å²) in [6, 6.07) is 59.7. The molecule has 7 N–H and O–H groups in total. The van der Waals surface area contributed by atoms with E-state index in [4.69, 9.17) is 104 Å². The van der Waals surface area contributed by atoms with E-state index in [2.05, 4.69) is 50.8 Å². The topological polar surface area (TPSA) is 416 Å². The van der Waals surface area contributed by atoms with Gasteiger partial charge in [0, 0.05) is 78.1 Å². The van der Waals surface area contributed by atoms with Gasteiger partial charge in [0.15, 0.2) is 11.6 Å². The van der Waals surface area contributed by atoms with Gasteiger partial charge in [0.05, 0.1) is 60.1 Å². The molecule has 0 atom stereocenters. The molecule has 0 fully saturated rings. The second kappa shape index (κ2) is 46.3. The molecule has 0 unspecified atom stereocenters. The highest BCUT2D eigenvalue weighted by molar-refractivity contribution is 9.10. The van der Waals surface area contributed by atoms with E-state index in [0.717, 1.165) is 28.9 Å². The number of hydrogen-bond donors (Lipinski definition) is 7. The zero-order valence-corrected chi connectivity index (χ0v) is 67.1. The summed E-state index contributed by atoms with van der Waals surface area (Å²) in [5.41, 5.74) is -1.18. The van der Waals surface area contributed by atoms with Crippen LogP contribution >= 0.6 is 50.7 Å². The first-order chi connectivity index (χ1) is 59.9. The summed E-state index contributed by atoms with van der Waals surface area (Å²) in [5.74, 6) is -5.38. The van der Waals surface area contributed by atoms with E-state index in [-0.39, 0.29) is 89.8 Å². The molecule has 14 aromatic rings. The Morgan fingerprint density at radius 1 is 0.302 bits per heavy atom. The Balaban J connectivity index is 0.000000182. The van der Waals surface area contributed by atoms with Crippen molar-refractivity contribution in [2.45, 2.75) is 12.4 Å². The second-order valence-electron chi connectivity index (χ2n) is 23.9. The van der Waals surface area contributed by atoms with E-state index in [1.165, 1.54) is 158 Å². The smallest absolute Gasteiger partial charge is 0.417 e. The summed E-state index contributed by atoms with van der Waals surface area (Å²) in [4.78, 5) is 101. The Labute approximate surface area is 728 Å². The number of ether oxygens (including phenoxy) is 7. The van der Waals surface area contributed by atoms with E-state index in [9.17, 15) is 68.7 Å². The molecule has 0 saturated carbocycles. The highest BCUT2D eigenvalue weighted by Gasteiger charge is 2.33. The van der Waals surface area contributed by atoms with Crippen molar-refractivity contribution in [2.24, 2.45) is 0 Å². The van der Waals surface area contributed by atoms with Crippen LogP contribution in [0.25, 0.3) is 0 Å². The number of benzene rings is 7. The number of rotatable bonds is 21. The van der Waals surface area contributed by atoms with Crippen molar-refractivity contribution in [3.05, 3.63) is 373 Å². The zero-order valence-electron chi connectivity index (χ0n) is 63.2. The van der Waals surface area contributed by atoms with Crippen LogP contribution in [0.5, 0.6) is 81.4 Å². The van der Waals surface area contributed by atoms with E-state index < -0.39 is 77.0 Å². The average molecular weight is 1860 g/mol. The lowest BCUT2D eigenvalue weighted by Gasteiger charge is -2.10. The van der Waals surface area contributed by atoms with Crippen LogP contribution in [0.1, 0.15) is 83.6 Å². The number of carboxylic acids is 7. The van der Waals surface area contributed by atoms with Crippen molar-refractivity contribution in [1.29, 1.82) is 0 Å². The number of alkyl halides is 6. The van der Waals surface area contributed by atoms with Crippen LogP contribution in [-0.4, -0.2) is 112 Å². The lowest BCUT2D eigenvalue weighted by molar-refractivity contribution is -0.138. The molecule has 0 amide bonds. The largest absolute Gasteiger partial charge is 0.478 e. The van der Waals surface area contributed by atoms with Crippen LogP contribution in [0.3, 0.4) is 0 Å². The number of nitrogens with zero attached hydrogens (tertiary/aromatic N) is 7. The van der Waals surface area contributed by atoms with Gasteiger partial charge in [0.1, 0.15) is 39.5 Å². The molecule has 7 heterocycles. The molecule has 0 spiro atoms. The van der Waals surface area contributed by atoms with Gasteiger partial charge in [-0.15, -0.1) is 0 Å². The molecule has 14 rings (SSSR count). The second-order valence-corrected chi connectivity index (χ2v) is 26.1. The first-order valence-electron chi connectivity index (χ1n) is 34.8. The SMILES string of the molecule is O=C(O)c1ccc(Oc2cc(C(F)(F)F)ccn2)cc1.O=C(O)c1ccc(Oc2ccc(Br)cn2)cc1.O=C(O)c1ccc(Oc2ccc(Cl)cn2)cc1.O=C(O)c1ccc(Oc2cccc(F)n2)cc1.O=C(O)c1ccc(Oc2ccccn2)c(Cl)c1.O=C(O)c1ccc(Oc2ccccn2)c(F)c1.O=C(O)c1ccc(Oc2ncc(C(F)(F)F)cc2Cl)cc1. The standard InChI is InChI=1S/C13H7ClF3NO3.C13H8F3NO3.C12H8BrNO3.2C12H8ClNO3.2C12H8FNO3/c14-10-5-8(13(15,16)17)6-18-11(10)21-9-3-1-7(2-4-9)12(19)20;14-13(15,16)9-5-6-17-11(7-9)20-10-3-1-8(2-4-10)12(18)19;2*13-9-3-6-11(14-7-9)17-10-4-1-8(2-5-10)12(15)16;13-9-7-8(12(15)16)4-5-10(9)17-11-3-1-2-6-14-11;13-10-2-1-3-11(14-10)17-9-6-4-8(5-7-9)12(15)16;13-9-7-8(12(15)16)4-5-10(9)17-11-3-1-2-6-14-11/h1-6H,(H,19,20);1-7H,(H,18,19);5*1-7H,(H,15,16). The third-order valence-corrected chi connectivity index (χ3v) is 16.2. The van der Waals surface area contributed by atoms with Crippen molar-refractivity contribution < 1.29 is 138 Å². The van der Waals surface area contributed by atoms with E-state index in [1.54, 1.807) is 91.3 Å². The lowest BCUT2D eigenvalue weighted by atomic mass is 10.2. The number of carboxylic acid groups (broad SMARTS) is 7. The number of carbonyl (C=O) groups is 7. The van der Waals surface area contributed by atoms with Crippen LogP contribution in [0.15, 0.2) is 296 Å². The summed E-state index contributed by atoms with van der Waals surface area (Å²) in [6.45, 7) is 0. The molecule has 7 aromatic heterocycles. The maximum Gasteiger partial charge on any atom is 0.417 e. The molecule has 0 aliphatic heterocycles. The highest BCUT2D eigenvalue weighted by Crippen LogP contribution is 2.37. The Hall–Kier alpha value is -15.7. The lowest BCUT2D eigenvalue weighted by Crippen LogP contribution is -2.05. The fourth-order valence-corrected chi connectivity index (χ4v) is 9.76. The van der Waals surface area contributed by atoms with Gasteiger partial charge in [-0.1, -0.05) is 53.0 Å². The molecule has 644 valence electrons.